The third kappa shape index (κ3) is 4.31. The van der Waals surface area contributed by atoms with Gasteiger partial charge in [-0.3, -0.25) is 0 Å². The molecule has 29 heavy (non-hydrogen) atoms. The Morgan fingerprint density at radius 3 is 1.93 bits per heavy atom. The molecule has 4 aromatic carbocycles. The van der Waals surface area contributed by atoms with E-state index in [9.17, 15) is 0 Å². The van der Waals surface area contributed by atoms with Gasteiger partial charge in [-0.25, -0.2) is 0 Å². The molecule has 0 saturated heterocycles. The third-order valence-electron chi connectivity index (χ3n) is 4.49. The van der Waals surface area contributed by atoms with E-state index in [-0.39, 0.29) is 0 Å². The maximum absolute atomic E-state index is 6.12. The second-order valence-electron chi connectivity index (χ2n) is 6.57. The van der Waals surface area contributed by atoms with Gasteiger partial charge in [0, 0.05) is 21.5 Å². The second kappa shape index (κ2) is 8.20. The first-order chi connectivity index (χ1) is 14.1. The summed E-state index contributed by atoms with van der Waals surface area (Å²) in [6, 6.07) is 24.6. The molecule has 4 aromatic rings. The highest BCUT2D eigenvalue weighted by molar-refractivity contribution is 6.31. The van der Waals surface area contributed by atoms with Gasteiger partial charge < -0.3 is 5.73 Å². The molecule has 0 unspecified atom stereocenters. The second-order valence-corrected chi connectivity index (χ2v) is 6.98. The van der Waals surface area contributed by atoms with Crippen molar-refractivity contribution in [2.24, 2.45) is 20.5 Å². The van der Waals surface area contributed by atoms with Crippen molar-refractivity contribution in [1.82, 2.24) is 0 Å². The standard InChI is InChI=1S/C23H18ClN5/c1-15-6-7-18(14-21(15)24)28-26-16-8-10-17(11-9-16)27-29-23-13-12-22(25)19-4-2-3-5-20(19)23/h2-14H,25H2,1H3. The Kier molecular flexibility index (Phi) is 5.31. The Morgan fingerprint density at radius 2 is 1.24 bits per heavy atom. The highest BCUT2D eigenvalue weighted by Gasteiger charge is 2.03. The number of hydrogen-bond donors (Lipinski definition) is 1. The number of benzene rings is 4. The number of halogens is 1. The molecule has 0 spiro atoms. The normalized spacial score (nSPS) is 11.7. The number of hydrogen-bond acceptors (Lipinski definition) is 5. The molecule has 0 aliphatic rings. The third-order valence-corrected chi connectivity index (χ3v) is 4.90. The van der Waals surface area contributed by atoms with Gasteiger partial charge in [0.05, 0.1) is 22.7 Å². The van der Waals surface area contributed by atoms with Crippen LogP contribution in [0.1, 0.15) is 5.56 Å². The van der Waals surface area contributed by atoms with Gasteiger partial charge in [0.15, 0.2) is 0 Å². The number of fused-ring (bicyclic) bond motifs is 1. The average molecular weight is 400 g/mol. The first-order valence-corrected chi connectivity index (χ1v) is 9.45. The Bertz CT molecular complexity index is 1230. The summed E-state index contributed by atoms with van der Waals surface area (Å²) in [4.78, 5) is 0. The van der Waals surface area contributed by atoms with E-state index in [0.717, 1.165) is 39.1 Å². The van der Waals surface area contributed by atoms with Gasteiger partial charge in [0.2, 0.25) is 0 Å². The van der Waals surface area contributed by atoms with Gasteiger partial charge in [0.25, 0.3) is 0 Å². The van der Waals surface area contributed by atoms with Crippen molar-refractivity contribution in [2.75, 3.05) is 5.73 Å². The van der Waals surface area contributed by atoms with Gasteiger partial charge >= 0.3 is 0 Å². The van der Waals surface area contributed by atoms with Gasteiger partial charge in [-0.15, -0.1) is 5.11 Å². The topological polar surface area (TPSA) is 75.5 Å². The quantitative estimate of drug-likeness (QED) is 0.272. The molecule has 2 N–H and O–H groups in total. The zero-order valence-electron chi connectivity index (χ0n) is 15.7. The SMILES string of the molecule is Cc1ccc(N=Nc2ccc(N=Nc3ccc(N)c4ccccc34)cc2)cc1Cl. The zero-order chi connectivity index (χ0) is 20.2. The molecule has 142 valence electrons. The van der Waals surface area contributed by atoms with Crippen LogP contribution in [0.2, 0.25) is 5.02 Å². The van der Waals surface area contributed by atoms with Crippen molar-refractivity contribution < 1.29 is 0 Å². The Hall–Kier alpha value is -3.57. The zero-order valence-corrected chi connectivity index (χ0v) is 16.5. The summed E-state index contributed by atoms with van der Waals surface area (Å²) < 4.78 is 0. The molecule has 0 amide bonds. The van der Waals surface area contributed by atoms with Crippen molar-refractivity contribution in [3.05, 3.63) is 89.4 Å². The maximum atomic E-state index is 6.12. The lowest BCUT2D eigenvalue weighted by molar-refractivity contribution is 1.21. The predicted octanol–water partition coefficient (Wildman–Crippen LogP) is 8.21. The van der Waals surface area contributed by atoms with Crippen LogP contribution in [-0.2, 0) is 0 Å². The molecule has 0 aromatic heterocycles. The van der Waals surface area contributed by atoms with Crippen molar-refractivity contribution in [3.63, 3.8) is 0 Å². The number of nitrogen functional groups attached to an aromatic ring is 1. The fourth-order valence-electron chi connectivity index (χ4n) is 2.85. The van der Waals surface area contributed by atoms with Crippen LogP contribution in [0.15, 0.2) is 99.3 Å². The number of nitrogens with zero attached hydrogens (tertiary/aromatic N) is 4. The molecule has 0 saturated carbocycles. The summed E-state index contributed by atoms with van der Waals surface area (Å²) in [5.41, 5.74) is 10.7. The summed E-state index contributed by atoms with van der Waals surface area (Å²) in [5, 5.41) is 19.8. The number of rotatable bonds is 4. The number of aryl methyl sites for hydroxylation is 1. The number of anilines is 1. The van der Waals surface area contributed by atoms with Crippen LogP contribution in [0.4, 0.5) is 28.4 Å². The molecule has 0 atom stereocenters. The Morgan fingerprint density at radius 1 is 0.655 bits per heavy atom. The maximum Gasteiger partial charge on any atom is 0.0936 e. The molecular formula is C23H18ClN5. The fourth-order valence-corrected chi connectivity index (χ4v) is 3.03. The first-order valence-electron chi connectivity index (χ1n) is 9.07. The van der Waals surface area contributed by atoms with Crippen LogP contribution in [-0.4, -0.2) is 0 Å². The summed E-state index contributed by atoms with van der Waals surface area (Å²) in [6.45, 7) is 1.95. The van der Waals surface area contributed by atoms with Crippen molar-refractivity contribution in [2.45, 2.75) is 6.92 Å². The molecule has 6 heteroatoms. The lowest BCUT2D eigenvalue weighted by Gasteiger charge is -2.04. The summed E-state index contributed by atoms with van der Waals surface area (Å²) in [5.74, 6) is 0. The van der Waals surface area contributed by atoms with Gasteiger partial charge in [-0.1, -0.05) is 41.9 Å². The minimum atomic E-state index is 0.674. The molecule has 5 nitrogen and oxygen atoms in total. The van der Waals surface area contributed by atoms with Crippen LogP contribution in [0.3, 0.4) is 0 Å². The Labute approximate surface area is 173 Å². The lowest BCUT2D eigenvalue weighted by atomic mass is 10.1. The highest BCUT2D eigenvalue weighted by atomic mass is 35.5. The number of nitrogens with two attached hydrogens (primary N) is 1. The van der Waals surface area contributed by atoms with Crippen molar-refractivity contribution >= 4 is 50.8 Å². The molecular weight excluding hydrogens is 382 g/mol. The van der Waals surface area contributed by atoms with Gasteiger partial charge in [0.1, 0.15) is 0 Å². The van der Waals surface area contributed by atoms with E-state index in [1.807, 2.05) is 79.7 Å². The smallest absolute Gasteiger partial charge is 0.0936 e. The fraction of sp³-hybridized carbons (Fsp3) is 0.0435. The minimum Gasteiger partial charge on any atom is -0.398 e. The van der Waals surface area contributed by atoms with Crippen molar-refractivity contribution in [3.8, 4) is 0 Å². The van der Waals surface area contributed by atoms with Crippen LogP contribution in [0.5, 0.6) is 0 Å². The first kappa shape index (κ1) is 18.8. The van der Waals surface area contributed by atoms with Crippen LogP contribution in [0.25, 0.3) is 10.8 Å². The van der Waals surface area contributed by atoms with E-state index in [2.05, 4.69) is 20.5 Å². The molecule has 0 heterocycles. The monoisotopic (exact) mass is 399 g/mol. The van der Waals surface area contributed by atoms with Gasteiger partial charge in [-0.05, 0) is 61.0 Å². The van der Waals surface area contributed by atoms with Crippen LogP contribution >= 0.6 is 11.6 Å². The number of azo groups is 2. The van der Waals surface area contributed by atoms with Gasteiger partial charge in [-0.2, -0.15) is 15.3 Å². The van der Waals surface area contributed by atoms with E-state index in [1.54, 1.807) is 6.07 Å². The predicted molar refractivity (Wildman–Crippen MR) is 119 cm³/mol. The molecule has 0 radical (unpaired) electrons. The molecule has 4 rings (SSSR count). The molecule has 0 bridgehead atoms. The molecule has 0 aliphatic heterocycles. The lowest BCUT2D eigenvalue weighted by Crippen LogP contribution is -1.86. The largest absolute Gasteiger partial charge is 0.398 e. The van der Waals surface area contributed by atoms with Crippen molar-refractivity contribution in [1.29, 1.82) is 0 Å². The minimum absolute atomic E-state index is 0.674. The summed E-state index contributed by atoms with van der Waals surface area (Å²) in [7, 11) is 0. The summed E-state index contributed by atoms with van der Waals surface area (Å²) in [6.07, 6.45) is 0. The van der Waals surface area contributed by atoms with Crippen LogP contribution in [0, 0.1) is 6.92 Å². The summed E-state index contributed by atoms with van der Waals surface area (Å²) >= 11 is 6.12. The van der Waals surface area contributed by atoms with E-state index in [4.69, 9.17) is 17.3 Å². The molecule has 0 aliphatic carbocycles. The average Bonchev–Trinajstić information content (AvgIpc) is 2.75. The van der Waals surface area contributed by atoms with E-state index < -0.39 is 0 Å². The van der Waals surface area contributed by atoms with E-state index in [0.29, 0.717) is 10.7 Å². The Balaban J connectivity index is 1.52. The van der Waals surface area contributed by atoms with E-state index in [1.165, 1.54) is 0 Å². The van der Waals surface area contributed by atoms with E-state index >= 15 is 0 Å². The van der Waals surface area contributed by atoms with Crippen LogP contribution < -0.4 is 5.73 Å². The highest BCUT2D eigenvalue weighted by Crippen LogP contribution is 2.32. The molecule has 0 fully saturated rings.